The number of benzene rings is 2. The van der Waals surface area contributed by atoms with Gasteiger partial charge in [-0.15, -0.1) is 0 Å². The number of hydrogen-bond donors (Lipinski definition) is 1. The van der Waals surface area contributed by atoms with Gasteiger partial charge in [0.2, 0.25) is 0 Å². The Morgan fingerprint density at radius 3 is 2.45 bits per heavy atom. The maximum atomic E-state index is 14.1. The van der Waals surface area contributed by atoms with E-state index in [1.165, 1.54) is 12.1 Å². The van der Waals surface area contributed by atoms with E-state index >= 15 is 0 Å². The first-order valence-electron chi connectivity index (χ1n) is 6.90. The average molecular weight is 273 g/mol. The van der Waals surface area contributed by atoms with Crippen LogP contribution in [0.5, 0.6) is 0 Å². The van der Waals surface area contributed by atoms with Crippen LogP contribution in [0.25, 0.3) is 11.1 Å². The standard InChI is InChI=1S/C17H17F2N/c1-17(9-4-10-20-17)12-7-8-16(19)14(11-12)13-5-2-3-6-15(13)18/h2-3,5-8,11,20H,4,9-10H2,1H3. The molecular weight excluding hydrogens is 256 g/mol. The highest BCUT2D eigenvalue weighted by atomic mass is 19.1. The van der Waals surface area contributed by atoms with E-state index < -0.39 is 5.82 Å². The Labute approximate surface area is 117 Å². The number of halogens is 2. The van der Waals surface area contributed by atoms with Crippen LogP contribution >= 0.6 is 0 Å². The first-order valence-corrected chi connectivity index (χ1v) is 6.90. The minimum Gasteiger partial charge on any atom is -0.308 e. The molecule has 0 aromatic heterocycles. The summed E-state index contributed by atoms with van der Waals surface area (Å²) >= 11 is 0. The van der Waals surface area contributed by atoms with Gasteiger partial charge < -0.3 is 5.32 Å². The van der Waals surface area contributed by atoms with E-state index in [0.29, 0.717) is 11.1 Å². The number of hydrogen-bond acceptors (Lipinski definition) is 1. The van der Waals surface area contributed by atoms with Gasteiger partial charge in [0.15, 0.2) is 0 Å². The quantitative estimate of drug-likeness (QED) is 0.863. The Morgan fingerprint density at radius 1 is 1.00 bits per heavy atom. The van der Waals surface area contributed by atoms with Crippen molar-refractivity contribution < 1.29 is 8.78 Å². The van der Waals surface area contributed by atoms with Gasteiger partial charge in [0, 0.05) is 16.7 Å². The number of rotatable bonds is 2. The molecule has 20 heavy (non-hydrogen) atoms. The molecule has 2 aromatic carbocycles. The van der Waals surface area contributed by atoms with E-state index in [-0.39, 0.29) is 11.4 Å². The van der Waals surface area contributed by atoms with Crippen LogP contribution < -0.4 is 5.32 Å². The summed E-state index contributed by atoms with van der Waals surface area (Å²) in [6.07, 6.45) is 2.11. The highest BCUT2D eigenvalue weighted by Gasteiger charge is 2.30. The molecule has 1 aliphatic heterocycles. The van der Waals surface area contributed by atoms with Crippen molar-refractivity contribution in [3.8, 4) is 11.1 Å². The predicted molar refractivity (Wildman–Crippen MR) is 76.4 cm³/mol. The van der Waals surface area contributed by atoms with E-state index in [4.69, 9.17) is 0 Å². The molecule has 3 heteroatoms. The lowest BCUT2D eigenvalue weighted by molar-refractivity contribution is 0.434. The smallest absolute Gasteiger partial charge is 0.131 e. The lowest BCUT2D eigenvalue weighted by Gasteiger charge is -2.25. The molecular formula is C17H17F2N. The Morgan fingerprint density at radius 2 is 1.75 bits per heavy atom. The zero-order valence-corrected chi connectivity index (χ0v) is 11.4. The van der Waals surface area contributed by atoms with Gasteiger partial charge in [-0.1, -0.05) is 24.3 Å². The molecule has 1 atom stereocenters. The van der Waals surface area contributed by atoms with Crippen molar-refractivity contribution in [3.63, 3.8) is 0 Å². The fourth-order valence-electron chi connectivity index (χ4n) is 2.90. The van der Waals surface area contributed by atoms with E-state index in [1.807, 2.05) is 0 Å². The van der Waals surface area contributed by atoms with Crippen molar-refractivity contribution in [2.75, 3.05) is 6.54 Å². The largest absolute Gasteiger partial charge is 0.308 e. The zero-order valence-electron chi connectivity index (χ0n) is 11.4. The SMILES string of the molecule is CC1(c2ccc(F)c(-c3ccccc3F)c2)CCCN1. The second-order valence-electron chi connectivity index (χ2n) is 5.54. The van der Waals surface area contributed by atoms with Crippen molar-refractivity contribution in [3.05, 3.63) is 59.7 Å². The van der Waals surface area contributed by atoms with Gasteiger partial charge >= 0.3 is 0 Å². The molecule has 1 N–H and O–H groups in total. The summed E-state index contributed by atoms with van der Waals surface area (Å²) in [7, 11) is 0. The molecule has 1 saturated heterocycles. The van der Waals surface area contributed by atoms with E-state index in [9.17, 15) is 8.78 Å². The average Bonchev–Trinajstić information content (AvgIpc) is 2.88. The topological polar surface area (TPSA) is 12.0 Å². The third-order valence-corrected chi connectivity index (χ3v) is 4.14. The first kappa shape index (κ1) is 13.3. The summed E-state index contributed by atoms with van der Waals surface area (Å²) in [4.78, 5) is 0. The summed E-state index contributed by atoms with van der Waals surface area (Å²) in [6, 6.07) is 11.3. The van der Waals surface area contributed by atoms with Crippen LogP contribution in [0.1, 0.15) is 25.3 Å². The number of nitrogens with one attached hydrogen (secondary N) is 1. The molecule has 0 radical (unpaired) electrons. The molecule has 1 aliphatic rings. The summed E-state index contributed by atoms with van der Waals surface area (Å²) in [5.74, 6) is -0.784. The molecule has 3 rings (SSSR count). The van der Waals surface area contributed by atoms with Gasteiger partial charge in [-0.3, -0.25) is 0 Å². The molecule has 0 saturated carbocycles. The molecule has 0 aliphatic carbocycles. The van der Waals surface area contributed by atoms with Crippen molar-refractivity contribution in [1.82, 2.24) is 5.32 Å². The Bertz CT molecular complexity index is 631. The highest BCUT2D eigenvalue weighted by Crippen LogP contribution is 2.34. The van der Waals surface area contributed by atoms with Gasteiger partial charge in [-0.2, -0.15) is 0 Å². The van der Waals surface area contributed by atoms with Gasteiger partial charge in [-0.05, 0) is 50.1 Å². The summed E-state index contributed by atoms with van der Waals surface area (Å²) in [5, 5.41) is 3.45. The Balaban J connectivity index is 2.10. The summed E-state index contributed by atoms with van der Waals surface area (Å²) < 4.78 is 27.9. The molecule has 104 valence electrons. The molecule has 0 amide bonds. The van der Waals surface area contributed by atoms with Crippen molar-refractivity contribution >= 4 is 0 Å². The lowest BCUT2D eigenvalue weighted by Crippen LogP contribution is -2.33. The Hall–Kier alpha value is -1.74. The molecule has 0 spiro atoms. The maximum absolute atomic E-state index is 14.1. The van der Waals surface area contributed by atoms with Crippen LogP contribution in [0.15, 0.2) is 42.5 Å². The van der Waals surface area contributed by atoms with Crippen LogP contribution in [-0.4, -0.2) is 6.54 Å². The zero-order chi connectivity index (χ0) is 14.2. The molecule has 0 bridgehead atoms. The van der Waals surface area contributed by atoms with Gasteiger partial charge in [0.25, 0.3) is 0 Å². The molecule has 1 nitrogen and oxygen atoms in total. The molecule has 1 heterocycles. The molecule has 2 aromatic rings. The van der Waals surface area contributed by atoms with Gasteiger partial charge in [0.1, 0.15) is 11.6 Å². The normalized spacial score (nSPS) is 22.1. The maximum Gasteiger partial charge on any atom is 0.131 e. The second-order valence-corrected chi connectivity index (χ2v) is 5.54. The molecule has 1 fully saturated rings. The minimum atomic E-state index is -0.395. The van der Waals surface area contributed by atoms with Crippen molar-refractivity contribution in [1.29, 1.82) is 0 Å². The Kier molecular flexibility index (Phi) is 3.30. The van der Waals surface area contributed by atoms with Gasteiger partial charge in [0.05, 0.1) is 0 Å². The predicted octanol–water partition coefficient (Wildman–Crippen LogP) is 4.23. The van der Waals surface area contributed by atoms with E-state index in [1.54, 1.807) is 30.3 Å². The summed E-state index contributed by atoms with van der Waals surface area (Å²) in [5.41, 5.74) is 1.51. The summed E-state index contributed by atoms with van der Waals surface area (Å²) in [6.45, 7) is 3.07. The monoisotopic (exact) mass is 273 g/mol. The van der Waals surface area contributed by atoms with Crippen molar-refractivity contribution in [2.45, 2.75) is 25.3 Å². The van der Waals surface area contributed by atoms with Crippen LogP contribution in [0.3, 0.4) is 0 Å². The third-order valence-electron chi connectivity index (χ3n) is 4.14. The van der Waals surface area contributed by atoms with Crippen LogP contribution in [0.4, 0.5) is 8.78 Å². The van der Waals surface area contributed by atoms with Crippen molar-refractivity contribution in [2.24, 2.45) is 0 Å². The fourth-order valence-corrected chi connectivity index (χ4v) is 2.90. The van der Waals surface area contributed by atoms with Gasteiger partial charge in [-0.25, -0.2) is 8.78 Å². The molecule has 1 unspecified atom stereocenters. The van der Waals surface area contributed by atoms with E-state index in [0.717, 1.165) is 24.9 Å². The first-order chi connectivity index (χ1) is 9.60. The van der Waals surface area contributed by atoms with Crippen LogP contribution in [-0.2, 0) is 5.54 Å². The minimum absolute atomic E-state index is 0.145. The van der Waals surface area contributed by atoms with Crippen LogP contribution in [0.2, 0.25) is 0 Å². The highest BCUT2D eigenvalue weighted by molar-refractivity contribution is 5.66. The van der Waals surface area contributed by atoms with Crippen LogP contribution in [0, 0.1) is 11.6 Å². The third kappa shape index (κ3) is 2.22. The van der Waals surface area contributed by atoms with E-state index in [2.05, 4.69) is 12.2 Å². The fraction of sp³-hybridized carbons (Fsp3) is 0.294. The lowest BCUT2D eigenvalue weighted by atomic mass is 9.88. The second kappa shape index (κ2) is 4.98.